The number of hydrogen-bond donors (Lipinski definition) is 1. The number of nitrogens with one attached hydrogen (secondary N) is 1. The van der Waals surface area contributed by atoms with Crippen molar-refractivity contribution < 1.29 is 9.59 Å². The maximum absolute atomic E-state index is 13.8. The summed E-state index contributed by atoms with van der Waals surface area (Å²) in [5, 5.41) is 10.3. The third-order valence-corrected chi connectivity index (χ3v) is 7.65. The summed E-state index contributed by atoms with van der Waals surface area (Å²) in [6.45, 7) is 4.01. The number of thiophene rings is 1. The number of rotatable bonds is 4. The van der Waals surface area contributed by atoms with Gasteiger partial charge in [-0.2, -0.15) is 5.10 Å². The van der Waals surface area contributed by atoms with Crippen LogP contribution in [0.25, 0.3) is 10.6 Å². The standard InChI is InChI=1S/C24H25ClN4O2S/c1-15-9-10-19(17(25)12-15)29-22(30)20-13-18(21-8-5-11-32-21)27-28(20)14-24(29,2)23(31)26-16-6-3-4-7-16/h5,8-13,16H,3-4,6-7,14H2,1-2H3,(H,26,31)/t24-/m1/s1. The first-order valence-corrected chi connectivity index (χ1v) is 12.2. The molecular formula is C24H25ClN4O2S. The molecule has 1 saturated carbocycles. The summed E-state index contributed by atoms with van der Waals surface area (Å²) in [5.74, 6) is -0.449. The average molecular weight is 469 g/mol. The van der Waals surface area contributed by atoms with Gasteiger partial charge in [-0.25, -0.2) is 0 Å². The second-order valence-electron chi connectivity index (χ2n) is 8.87. The summed E-state index contributed by atoms with van der Waals surface area (Å²) in [6.07, 6.45) is 4.16. The zero-order valence-electron chi connectivity index (χ0n) is 18.1. The number of benzene rings is 1. The number of hydrogen-bond acceptors (Lipinski definition) is 4. The summed E-state index contributed by atoms with van der Waals surface area (Å²) < 4.78 is 1.67. The third-order valence-electron chi connectivity index (χ3n) is 6.45. The lowest BCUT2D eigenvalue weighted by Gasteiger charge is -2.43. The Bertz CT molecular complexity index is 1180. The predicted octanol–water partition coefficient (Wildman–Crippen LogP) is 5.05. The fourth-order valence-electron chi connectivity index (χ4n) is 4.71. The van der Waals surface area contributed by atoms with Crippen molar-refractivity contribution in [2.75, 3.05) is 4.90 Å². The van der Waals surface area contributed by atoms with E-state index in [4.69, 9.17) is 11.6 Å². The fourth-order valence-corrected chi connectivity index (χ4v) is 5.71. The van der Waals surface area contributed by atoms with E-state index in [2.05, 4.69) is 10.4 Å². The number of carbonyl (C=O) groups is 2. The highest BCUT2D eigenvalue weighted by molar-refractivity contribution is 7.13. The Kier molecular flexibility index (Phi) is 5.34. The number of anilines is 1. The molecule has 1 fully saturated rings. The van der Waals surface area contributed by atoms with Gasteiger partial charge in [0.1, 0.15) is 16.9 Å². The molecule has 1 aliphatic heterocycles. The molecule has 5 rings (SSSR count). The lowest BCUT2D eigenvalue weighted by atomic mass is 9.93. The number of aryl methyl sites for hydroxylation is 1. The molecule has 1 aliphatic carbocycles. The number of carbonyl (C=O) groups excluding carboxylic acids is 2. The minimum absolute atomic E-state index is 0.144. The maximum Gasteiger partial charge on any atom is 0.277 e. The van der Waals surface area contributed by atoms with Crippen molar-refractivity contribution >= 4 is 40.4 Å². The molecular weight excluding hydrogens is 444 g/mol. The summed E-state index contributed by atoms with van der Waals surface area (Å²) in [4.78, 5) is 30.0. The van der Waals surface area contributed by atoms with Crippen LogP contribution in [0.3, 0.4) is 0 Å². The van der Waals surface area contributed by atoms with E-state index in [-0.39, 0.29) is 24.4 Å². The largest absolute Gasteiger partial charge is 0.351 e. The molecule has 0 unspecified atom stereocenters. The molecule has 3 aromatic rings. The van der Waals surface area contributed by atoms with Crippen LogP contribution in [0.2, 0.25) is 5.02 Å². The number of fused-ring (bicyclic) bond motifs is 1. The van der Waals surface area contributed by atoms with E-state index >= 15 is 0 Å². The third kappa shape index (κ3) is 3.53. The van der Waals surface area contributed by atoms with Crippen molar-refractivity contribution in [2.24, 2.45) is 0 Å². The van der Waals surface area contributed by atoms with Crippen molar-refractivity contribution in [2.45, 2.75) is 57.7 Å². The van der Waals surface area contributed by atoms with E-state index in [9.17, 15) is 9.59 Å². The van der Waals surface area contributed by atoms with Gasteiger partial charge in [-0.1, -0.05) is 36.6 Å². The van der Waals surface area contributed by atoms with Gasteiger partial charge >= 0.3 is 0 Å². The average Bonchev–Trinajstić information content (AvgIpc) is 3.50. The second-order valence-corrected chi connectivity index (χ2v) is 10.2. The van der Waals surface area contributed by atoms with E-state index in [1.54, 1.807) is 33.9 Å². The van der Waals surface area contributed by atoms with Crippen LogP contribution in [-0.4, -0.2) is 33.2 Å². The van der Waals surface area contributed by atoms with Gasteiger partial charge in [0.2, 0.25) is 5.91 Å². The zero-order chi connectivity index (χ0) is 22.5. The number of aromatic nitrogens is 2. The van der Waals surface area contributed by atoms with E-state index in [1.165, 1.54) is 0 Å². The van der Waals surface area contributed by atoms with Crippen LogP contribution < -0.4 is 10.2 Å². The Morgan fingerprint density at radius 1 is 1.25 bits per heavy atom. The summed E-state index contributed by atoms with van der Waals surface area (Å²) in [7, 11) is 0. The van der Waals surface area contributed by atoms with Crippen LogP contribution in [0, 0.1) is 6.92 Å². The lowest BCUT2D eigenvalue weighted by molar-refractivity contribution is -0.127. The van der Waals surface area contributed by atoms with Gasteiger partial charge in [0.25, 0.3) is 5.91 Å². The van der Waals surface area contributed by atoms with Crippen molar-refractivity contribution in [3.05, 3.63) is 58.1 Å². The van der Waals surface area contributed by atoms with Crippen molar-refractivity contribution in [3.63, 3.8) is 0 Å². The number of halogens is 1. The first-order valence-electron chi connectivity index (χ1n) is 10.9. The minimum atomic E-state index is -1.16. The molecule has 3 heterocycles. The first-order chi connectivity index (χ1) is 15.4. The smallest absolute Gasteiger partial charge is 0.277 e. The van der Waals surface area contributed by atoms with Crippen molar-refractivity contribution in [3.8, 4) is 10.6 Å². The Labute approximate surface area is 196 Å². The molecule has 32 heavy (non-hydrogen) atoms. The summed E-state index contributed by atoms with van der Waals surface area (Å²) in [5.41, 5.74) is 1.56. The van der Waals surface area contributed by atoms with Gasteiger partial charge in [0.15, 0.2) is 0 Å². The SMILES string of the molecule is Cc1ccc(N2C(=O)c3cc(-c4cccs4)nn3C[C@]2(C)C(=O)NC2CCCC2)c(Cl)c1. The van der Waals surface area contributed by atoms with E-state index in [0.29, 0.717) is 16.4 Å². The van der Waals surface area contributed by atoms with Gasteiger partial charge in [-0.15, -0.1) is 11.3 Å². The van der Waals surface area contributed by atoms with Crippen molar-refractivity contribution in [1.82, 2.24) is 15.1 Å². The molecule has 2 amide bonds. The van der Waals surface area contributed by atoms with Gasteiger partial charge in [0, 0.05) is 6.04 Å². The Morgan fingerprint density at radius 3 is 2.72 bits per heavy atom. The Morgan fingerprint density at radius 2 is 2.03 bits per heavy atom. The van der Waals surface area contributed by atoms with Gasteiger partial charge in [0.05, 0.1) is 22.1 Å². The molecule has 0 bridgehead atoms. The molecule has 0 saturated heterocycles. The van der Waals surface area contributed by atoms with E-state index < -0.39 is 5.54 Å². The maximum atomic E-state index is 13.8. The molecule has 166 valence electrons. The molecule has 0 spiro atoms. The Balaban J connectivity index is 1.60. The van der Waals surface area contributed by atoms with Crippen LogP contribution in [0.5, 0.6) is 0 Å². The lowest BCUT2D eigenvalue weighted by Crippen LogP contribution is -2.65. The normalized spacial score (nSPS) is 21.1. The molecule has 1 atom stereocenters. The zero-order valence-corrected chi connectivity index (χ0v) is 19.7. The van der Waals surface area contributed by atoms with E-state index in [1.807, 2.05) is 42.6 Å². The minimum Gasteiger partial charge on any atom is -0.351 e. The van der Waals surface area contributed by atoms with Crippen LogP contribution in [-0.2, 0) is 11.3 Å². The van der Waals surface area contributed by atoms with Gasteiger partial charge in [-0.05, 0) is 61.9 Å². The van der Waals surface area contributed by atoms with E-state index in [0.717, 1.165) is 41.8 Å². The van der Waals surface area contributed by atoms with Crippen LogP contribution in [0.15, 0.2) is 41.8 Å². The van der Waals surface area contributed by atoms with Crippen LogP contribution in [0.1, 0.15) is 48.7 Å². The number of amides is 2. The van der Waals surface area contributed by atoms with Crippen molar-refractivity contribution in [1.29, 1.82) is 0 Å². The van der Waals surface area contributed by atoms with Gasteiger partial charge < -0.3 is 5.32 Å². The highest BCUT2D eigenvalue weighted by atomic mass is 35.5. The quantitative estimate of drug-likeness (QED) is 0.582. The molecule has 0 radical (unpaired) electrons. The monoisotopic (exact) mass is 468 g/mol. The summed E-state index contributed by atoms with van der Waals surface area (Å²) in [6, 6.07) is 11.4. The topological polar surface area (TPSA) is 67.2 Å². The highest BCUT2D eigenvalue weighted by Crippen LogP contribution is 2.38. The number of nitrogens with zero attached hydrogens (tertiary/aromatic N) is 3. The molecule has 1 N–H and O–H groups in total. The molecule has 2 aliphatic rings. The van der Waals surface area contributed by atoms with Crippen LogP contribution >= 0.6 is 22.9 Å². The summed E-state index contributed by atoms with van der Waals surface area (Å²) >= 11 is 8.17. The Hall–Kier alpha value is -2.64. The molecule has 6 nitrogen and oxygen atoms in total. The molecule has 8 heteroatoms. The fraction of sp³-hybridized carbons (Fsp3) is 0.375. The second kappa shape index (κ2) is 8.05. The predicted molar refractivity (Wildman–Crippen MR) is 127 cm³/mol. The molecule has 1 aromatic carbocycles. The first kappa shape index (κ1) is 21.2. The highest BCUT2D eigenvalue weighted by Gasteiger charge is 2.50. The molecule has 2 aromatic heterocycles. The van der Waals surface area contributed by atoms with Gasteiger partial charge in [-0.3, -0.25) is 19.2 Å². The van der Waals surface area contributed by atoms with Crippen LogP contribution in [0.4, 0.5) is 5.69 Å².